The molecule has 1 aromatic carbocycles. The number of hydrogen-bond donors (Lipinski definition) is 1. The molecular weight excluding hydrogens is 202 g/mol. The highest BCUT2D eigenvalue weighted by molar-refractivity contribution is 5.67. The van der Waals surface area contributed by atoms with Gasteiger partial charge >= 0.3 is 6.09 Å². The quantitative estimate of drug-likeness (QED) is 0.847. The fourth-order valence-electron chi connectivity index (χ4n) is 1.82. The van der Waals surface area contributed by atoms with Gasteiger partial charge in [-0.1, -0.05) is 36.8 Å². The second kappa shape index (κ2) is 5.54. The summed E-state index contributed by atoms with van der Waals surface area (Å²) in [6, 6.07) is 9.88. The molecule has 1 radical (unpaired) electrons. The Balaban J connectivity index is 1.71. The van der Waals surface area contributed by atoms with Crippen molar-refractivity contribution in [2.24, 2.45) is 0 Å². The van der Waals surface area contributed by atoms with Crippen molar-refractivity contribution in [1.29, 1.82) is 0 Å². The summed E-state index contributed by atoms with van der Waals surface area (Å²) < 4.78 is 5.12. The van der Waals surface area contributed by atoms with Crippen molar-refractivity contribution in [3.63, 3.8) is 0 Å². The van der Waals surface area contributed by atoms with Crippen LogP contribution in [0.3, 0.4) is 0 Å². The second-order valence-corrected chi connectivity index (χ2v) is 3.98. The van der Waals surface area contributed by atoms with Crippen molar-refractivity contribution in [1.82, 2.24) is 5.32 Å². The first-order valence-electron chi connectivity index (χ1n) is 5.65. The van der Waals surface area contributed by atoms with Crippen LogP contribution in [0.2, 0.25) is 0 Å². The van der Waals surface area contributed by atoms with Gasteiger partial charge in [0.1, 0.15) is 6.61 Å². The third-order valence-corrected chi connectivity index (χ3v) is 2.69. The van der Waals surface area contributed by atoms with Crippen LogP contribution in [0.4, 0.5) is 4.79 Å². The topological polar surface area (TPSA) is 38.3 Å². The number of benzene rings is 1. The zero-order valence-electron chi connectivity index (χ0n) is 9.19. The molecule has 1 fully saturated rings. The molecule has 1 atom stereocenters. The van der Waals surface area contributed by atoms with E-state index in [-0.39, 0.29) is 12.1 Å². The van der Waals surface area contributed by atoms with E-state index in [0.29, 0.717) is 6.61 Å². The summed E-state index contributed by atoms with van der Waals surface area (Å²) in [6.07, 6.45) is 5.07. The molecule has 0 bridgehead atoms. The summed E-state index contributed by atoms with van der Waals surface area (Å²) in [6.45, 7) is 0.333. The molecule has 85 valence electrons. The van der Waals surface area contributed by atoms with Crippen molar-refractivity contribution in [2.45, 2.75) is 31.9 Å². The normalized spacial score (nSPS) is 16.0. The van der Waals surface area contributed by atoms with Gasteiger partial charge in [-0.25, -0.2) is 4.79 Å². The van der Waals surface area contributed by atoms with E-state index in [0.717, 1.165) is 24.8 Å². The average Bonchev–Trinajstić information content (AvgIpc) is 2.81. The van der Waals surface area contributed by atoms with E-state index in [1.165, 1.54) is 0 Å². The lowest BCUT2D eigenvalue weighted by atomic mass is 10.2. The number of ether oxygens (including phenoxy) is 1. The van der Waals surface area contributed by atoms with E-state index < -0.39 is 0 Å². The molecule has 2 rings (SSSR count). The molecule has 3 heteroatoms. The fraction of sp³-hybridized carbons (Fsp3) is 0.385. The number of carbonyl (C=O) groups excluding carboxylic acids is 1. The van der Waals surface area contributed by atoms with Crippen molar-refractivity contribution >= 4 is 6.09 Å². The van der Waals surface area contributed by atoms with Crippen LogP contribution in [0, 0.1) is 6.42 Å². The summed E-state index contributed by atoms with van der Waals surface area (Å²) >= 11 is 0. The number of alkyl carbamates (subject to hydrolysis) is 1. The predicted molar refractivity (Wildman–Crippen MR) is 61.7 cm³/mol. The number of hydrogen-bond acceptors (Lipinski definition) is 2. The lowest BCUT2D eigenvalue weighted by Crippen LogP contribution is -2.33. The SMILES string of the molecule is O=C(NC1[CH]CCC1)OCc1ccccc1. The second-order valence-electron chi connectivity index (χ2n) is 3.98. The van der Waals surface area contributed by atoms with E-state index in [2.05, 4.69) is 11.7 Å². The van der Waals surface area contributed by atoms with Gasteiger partial charge in [0.05, 0.1) is 0 Å². The largest absolute Gasteiger partial charge is 0.445 e. The van der Waals surface area contributed by atoms with Crippen LogP contribution >= 0.6 is 0 Å². The Morgan fingerprint density at radius 3 is 2.88 bits per heavy atom. The molecule has 0 heterocycles. The van der Waals surface area contributed by atoms with Gasteiger partial charge in [0.15, 0.2) is 0 Å². The molecule has 0 aromatic heterocycles. The minimum Gasteiger partial charge on any atom is -0.445 e. The Bertz CT molecular complexity index is 331. The van der Waals surface area contributed by atoms with E-state index in [9.17, 15) is 4.79 Å². The first kappa shape index (κ1) is 11.0. The van der Waals surface area contributed by atoms with Crippen LogP contribution in [-0.2, 0) is 11.3 Å². The van der Waals surface area contributed by atoms with Gasteiger partial charge in [0.25, 0.3) is 0 Å². The highest BCUT2D eigenvalue weighted by Crippen LogP contribution is 2.16. The standard InChI is InChI=1S/C13H16NO2/c15-13(14-12-8-4-5-9-12)16-10-11-6-2-1-3-7-11/h1-3,6-8,12H,4-5,9-10H2,(H,14,15). The third kappa shape index (κ3) is 3.26. The van der Waals surface area contributed by atoms with E-state index in [4.69, 9.17) is 4.74 Å². The molecule has 1 aliphatic rings. The Hall–Kier alpha value is -1.51. The minimum absolute atomic E-state index is 0.197. The predicted octanol–water partition coefficient (Wildman–Crippen LogP) is 2.67. The van der Waals surface area contributed by atoms with E-state index >= 15 is 0 Å². The van der Waals surface area contributed by atoms with Crippen LogP contribution in [0.15, 0.2) is 30.3 Å². The highest BCUT2D eigenvalue weighted by atomic mass is 16.5. The van der Waals surface area contributed by atoms with Gasteiger partial charge < -0.3 is 10.1 Å². The Kier molecular flexibility index (Phi) is 3.81. The molecule has 16 heavy (non-hydrogen) atoms. The van der Waals surface area contributed by atoms with Crippen molar-refractivity contribution in [3.8, 4) is 0 Å². The average molecular weight is 218 g/mol. The van der Waals surface area contributed by atoms with Crippen LogP contribution < -0.4 is 5.32 Å². The number of carbonyl (C=O) groups is 1. The number of amides is 1. The first-order chi connectivity index (χ1) is 7.84. The molecule has 3 nitrogen and oxygen atoms in total. The third-order valence-electron chi connectivity index (χ3n) is 2.69. The zero-order chi connectivity index (χ0) is 11.2. The molecule has 0 spiro atoms. The molecule has 0 saturated heterocycles. The Morgan fingerprint density at radius 2 is 2.19 bits per heavy atom. The summed E-state index contributed by atoms with van der Waals surface area (Å²) in [5.41, 5.74) is 1.01. The maximum atomic E-state index is 11.4. The smallest absolute Gasteiger partial charge is 0.407 e. The number of nitrogens with one attached hydrogen (secondary N) is 1. The van der Waals surface area contributed by atoms with Crippen molar-refractivity contribution in [2.75, 3.05) is 0 Å². The Morgan fingerprint density at radius 1 is 1.38 bits per heavy atom. The molecule has 1 unspecified atom stereocenters. The molecule has 1 aromatic rings. The van der Waals surface area contributed by atoms with Crippen LogP contribution in [0.1, 0.15) is 24.8 Å². The van der Waals surface area contributed by atoms with Gasteiger partial charge in [-0.05, 0) is 24.8 Å². The van der Waals surface area contributed by atoms with Gasteiger partial charge in [0.2, 0.25) is 0 Å². The molecule has 1 N–H and O–H groups in total. The monoisotopic (exact) mass is 218 g/mol. The molecule has 0 aliphatic heterocycles. The number of rotatable bonds is 3. The van der Waals surface area contributed by atoms with Crippen LogP contribution in [-0.4, -0.2) is 12.1 Å². The van der Waals surface area contributed by atoms with E-state index in [1.807, 2.05) is 30.3 Å². The molecule has 1 saturated carbocycles. The highest BCUT2D eigenvalue weighted by Gasteiger charge is 2.17. The maximum Gasteiger partial charge on any atom is 0.407 e. The van der Waals surface area contributed by atoms with Crippen molar-refractivity contribution < 1.29 is 9.53 Å². The van der Waals surface area contributed by atoms with Gasteiger partial charge in [0, 0.05) is 6.04 Å². The lowest BCUT2D eigenvalue weighted by molar-refractivity contribution is 0.137. The summed E-state index contributed by atoms with van der Waals surface area (Å²) in [5.74, 6) is 0. The van der Waals surface area contributed by atoms with Gasteiger partial charge in [-0.2, -0.15) is 0 Å². The Labute approximate surface area is 95.8 Å². The zero-order valence-corrected chi connectivity index (χ0v) is 9.19. The van der Waals surface area contributed by atoms with Gasteiger partial charge in [-0.15, -0.1) is 0 Å². The summed E-state index contributed by atoms with van der Waals surface area (Å²) in [5, 5.41) is 2.83. The molecule has 1 amide bonds. The van der Waals surface area contributed by atoms with Crippen LogP contribution in [0.25, 0.3) is 0 Å². The summed E-state index contributed by atoms with van der Waals surface area (Å²) in [4.78, 5) is 11.4. The maximum absolute atomic E-state index is 11.4. The lowest BCUT2D eigenvalue weighted by Gasteiger charge is -2.11. The fourth-order valence-corrected chi connectivity index (χ4v) is 1.82. The molecule has 1 aliphatic carbocycles. The molecular formula is C13H16NO2. The first-order valence-corrected chi connectivity index (χ1v) is 5.65. The van der Waals surface area contributed by atoms with E-state index in [1.54, 1.807) is 0 Å². The van der Waals surface area contributed by atoms with Gasteiger partial charge in [-0.3, -0.25) is 0 Å². The summed E-state index contributed by atoms with van der Waals surface area (Å²) in [7, 11) is 0. The van der Waals surface area contributed by atoms with Crippen molar-refractivity contribution in [3.05, 3.63) is 42.3 Å². The minimum atomic E-state index is -0.327. The van der Waals surface area contributed by atoms with Crippen LogP contribution in [0.5, 0.6) is 0 Å².